The number of thioether (sulfide) groups is 1. The lowest BCUT2D eigenvalue weighted by atomic mass is 10.3. The predicted molar refractivity (Wildman–Crippen MR) is 100 cm³/mol. The maximum Gasteiger partial charge on any atom is 0.240 e. The lowest BCUT2D eigenvalue weighted by Gasteiger charge is -2.04. The summed E-state index contributed by atoms with van der Waals surface area (Å²) in [5.74, 6) is 1.08. The van der Waals surface area contributed by atoms with Gasteiger partial charge in [0.25, 0.3) is 0 Å². The van der Waals surface area contributed by atoms with Gasteiger partial charge < -0.3 is 4.52 Å². The third-order valence-corrected chi connectivity index (χ3v) is 5.94. The summed E-state index contributed by atoms with van der Waals surface area (Å²) in [6.45, 7) is 2.01. The highest BCUT2D eigenvalue weighted by molar-refractivity contribution is 7.99. The second-order valence-electron chi connectivity index (χ2n) is 5.63. The standard InChI is InChI=1S/C17H12N6OS2/c1-10(15-19-14(22-24-15)11-5-4-8-18-9-11)25-16-20-21-17-23(16)12-6-2-3-7-13(12)26-17/h2-10H,1H3. The van der Waals surface area contributed by atoms with E-state index in [2.05, 4.69) is 41.9 Å². The van der Waals surface area contributed by atoms with Gasteiger partial charge in [-0.1, -0.05) is 40.4 Å². The second-order valence-corrected chi connectivity index (χ2v) is 7.95. The van der Waals surface area contributed by atoms with Crippen LogP contribution in [0, 0.1) is 0 Å². The zero-order chi connectivity index (χ0) is 17.5. The highest BCUT2D eigenvalue weighted by Crippen LogP contribution is 2.36. The van der Waals surface area contributed by atoms with Crippen LogP contribution in [0.25, 0.3) is 26.6 Å². The van der Waals surface area contributed by atoms with E-state index in [4.69, 9.17) is 4.52 Å². The Morgan fingerprint density at radius 3 is 2.96 bits per heavy atom. The molecule has 0 radical (unpaired) electrons. The number of nitrogens with zero attached hydrogens (tertiary/aromatic N) is 6. The zero-order valence-corrected chi connectivity index (χ0v) is 15.2. The van der Waals surface area contributed by atoms with Gasteiger partial charge in [0.15, 0.2) is 5.16 Å². The average Bonchev–Trinajstić information content (AvgIpc) is 3.38. The van der Waals surface area contributed by atoms with E-state index >= 15 is 0 Å². The average molecular weight is 380 g/mol. The minimum atomic E-state index is -0.0565. The fraction of sp³-hybridized carbons (Fsp3) is 0.118. The number of fused-ring (bicyclic) bond motifs is 3. The van der Waals surface area contributed by atoms with Gasteiger partial charge in [-0.25, -0.2) is 0 Å². The maximum atomic E-state index is 5.45. The first-order valence-corrected chi connectivity index (χ1v) is 9.62. The fourth-order valence-electron chi connectivity index (χ4n) is 2.65. The van der Waals surface area contributed by atoms with Crippen LogP contribution < -0.4 is 0 Å². The van der Waals surface area contributed by atoms with Crippen molar-refractivity contribution in [3.05, 3.63) is 54.7 Å². The number of pyridine rings is 1. The molecular formula is C17H12N6OS2. The van der Waals surface area contributed by atoms with Gasteiger partial charge in [-0.15, -0.1) is 10.2 Å². The topological polar surface area (TPSA) is 82.0 Å². The Labute approximate surface area is 156 Å². The molecular weight excluding hydrogens is 368 g/mol. The Hall–Kier alpha value is -2.78. The van der Waals surface area contributed by atoms with Crippen molar-refractivity contribution in [2.45, 2.75) is 17.3 Å². The van der Waals surface area contributed by atoms with Gasteiger partial charge in [-0.3, -0.25) is 9.38 Å². The molecule has 0 amide bonds. The van der Waals surface area contributed by atoms with Gasteiger partial charge in [0.1, 0.15) is 0 Å². The van der Waals surface area contributed by atoms with Crippen LogP contribution in [0.2, 0.25) is 0 Å². The number of aromatic nitrogens is 6. The molecule has 0 fully saturated rings. The van der Waals surface area contributed by atoms with E-state index in [0.717, 1.165) is 21.2 Å². The van der Waals surface area contributed by atoms with E-state index in [9.17, 15) is 0 Å². The Kier molecular flexibility index (Phi) is 3.68. The maximum absolute atomic E-state index is 5.45. The molecule has 0 aliphatic carbocycles. The molecule has 0 aliphatic heterocycles. The molecule has 0 bridgehead atoms. The van der Waals surface area contributed by atoms with Gasteiger partial charge in [0, 0.05) is 18.0 Å². The van der Waals surface area contributed by atoms with Gasteiger partial charge >= 0.3 is 0 Å². The molecule has 1 aromatic carbocycles. The lowest BCUT2D eigenvalue weighted by molar-refractivity contribution is 0.380. The van der Waals surface area contributed by atoms with Crippen molar-refractivity contribution in [2.75, 3.05) is 0 Å². The molecule has 0 aliphatic rings. The summed E-state index contributed by atoms with van der Waals surface area (Å²) in [4.78, 5) is 9.46. The van der Waals surface area contributed by atoms with Crippen LogP contribution in [0.5, 0.6) is 0 Å². The fourth-order valence-corrected chi connectivity index (χ4v) is 4.57. The van der Waals surface area contributed by atoms with Crippen LogP contribution in [0.15, 0.2) is 58.5 Å². The normalized spacial score (nSPS) is 12.8. The van der Waals surface area contributed by atoms with E-state index in [-0.39, 0.29) is 5.25 Å². The smallest absolute Gasteiger partial charge is 0.240 e. The molecule has 4 heterocycles. The number of para-hydroxylation sites is 1. The van der Waals surface area contributed by atoms with Crippen LogP contribution in [0.3, 0.4) is 0 Å². The zero-order valence-electron chi connectivity index (χ0n) is 13.6. The molecule has 26 heavy (non-hydrogen) atoms. The molecule has 7 nitrogen and oxygen atoms in total. The molecule has 0 spiro atoms. The van der Waals surface area contributed by atoms with Gasteiger partial charge in [0.05, 0.1) is 15.5 Å². The molecule has 5 rings (SSSR count). The molecule has 0 saturated carbocycles. The largest absolute Gasteiger partial charge is 0.338 e. The first-order chi connectivity index (χ1) is 12.8. The summed E-state index contributed by atoms with van der Waals surface area (Å²) in [5, 5.41) is 13.4. The summed E-state index contributed by atoms with van der Waals surface area (Å²) < 4.78 is 8.70. The van der Waals surface area contributed by atoms with Crippen molar-refractivity contribution >= 4 is 38.3 Å². The molecule has 128 valence electrons. The third kappa shape index (κ3) is 2.56. The second kappa shape index (κ2) is 6.19. The summed E-state index contributed by atoms with van der Waals surface area (Å²) in [6.07, 6.45) is 3.43. The monoisotopic (exact) mass is 380 g/mol. The van der Waals surface area contributed by atoms with Crippen molar-refractivity contribution in [1.82, 2.24) is 29.7 Å². The van der Waals surface area contributed by atoms with Crippen molar-refractivity contribution in [2.24, 2.45) is 0 Å². The van der Waals surface area contributed by atoms with Gasteiger partial charge in [-0.05, 0) is 31.2 Å². The first-order valence-electron chi connectivity index (χ1n) is 7.93. The highest BCUT2D eigenvalue weighted by atomic mass is 32.2. The van der Waals surface area contributed by atoms with Gasteiger partial charge in [0.2, 0.25) is 16.7 Å². The number of thiazole rings is 1. The summed E-state index contributed by atoms with van der Waals surface area (Å²) >= 11 is 3.17. The SMILES string of the molecule is CC(Sc1nnc2sc3ccccc3n12)c1nc(-c2cccnc2)no1. The molecule has 0 N–H and O–H groups in total. The van der Waals surface area contributed by atoms with Crippen molar-refractivity contribution in [3.8, 4) is 11.4 Å². The van der Waals surface area contributed by atoms with Crippen LogP contribution in [0.4, 0.5) is 0 Å². The Morgan fingerprint density at radius 2 is 2.08 bits per heavy atom. The number of hydrogen-bond donors (Lipinski definition) is 0. The predicted octanol–water partition coefficient (Wildman–Crippen LogP) is 4.24. The van der Waals surface area contributed by atoms with Gasteiger partial charge in [-0.2, -0.15) is 4.98 Å². The Balaban J connectivity index is 1.46. The summed E-state index contributed by atoms with van der Waals surface area (Å²) in [7, 11) is 0. The van der Waals surface area contributed by atoms with Crippen molar-refractivity contribution in [1.29, 1.82) is 0 Å². The molecule has 1 atom stereocenters. The van der Waals surface area contributed by atoms with Crippen LogP contribution in [-0.4, -0.2) is 29.7 Å². The van der Waals surface area contributed by atoms with E-state index < -0.39 is 0 Å². The summed E-state index contributed by atoms with van der Waals surface area (Å²) in [6, 6.07) is 12.0. The first kappa shape index (κ1) is 15.5. The van der Waals surface area contributed by atoms with E-state index in [1.54, 1.807) is 35.5 Å². The number of benzene rings is 1. The lowest BCUT2D eigenvalue weighted by Crippen LogP contribution is -1.92. The molecule has 9 heteroatoms. The molecule has 1 unspecified atom stereocenters. The number of rotatable bonds is 4. The van der Waals surface area contributed by atoms with E-state index in [1.807, 2.05) is 31.2 Å². The Bertz CT molecular complexity index is 1200. The van der Waals surface area contributed by atoms with E-state index in [0.29, 0.717) is 11.7 Å². The van der Waals surface area contributed by atoms with Crippen molar-refractivity contribution < 1.29 is 4.52 Å². The third-order valence-electron chi connectivity index (χ3n) is 3.90. The highest BCUT2D eigenvalue weighted by Gasteiger charge is 2.21. The number of hydrogen-bond acceptors (Lipinski definition) is 8. The minimum absolute atomic E-state index is 0.0565. The quantitative estimate of drug-likeness (QED) is 0.431. The summed E-state index contributed by atoms with van der Waals surface area (Å²) in [5.41, 5.74) is 1.93. The molecule has 5 aromatic rings. The molecule has 4 aromatic heterocycles. The molecule has 0 saturated heterocycles. The van der Waals surface area contributed by atoms with E-state index in [1.165, 1.54) is 4.70 Å². The van der Waals surface area contributed by atoms with Crippen LogP contribution in [0.1, 0.15) is 18.1 Å². The van der Waals surface area contributed by atoms with Crippen molar-refractivity contribution in [3.63, 3.8) is 0 Å². The van der Waals surface area contributed by atoms with Crippen LogP contribution in [-0.2, 0) is 0 Å². The Morgan fingerprint density at radius 1 is 1.15 bits per heavy atom. The minimum Gasteiger partial charge on any atom is -0.338 e. The van der Waals surface area contributed by atoms with Crippen LogP contribution >= 0.6 is 23.1 Å².